The molecule has 0 bridgehead atoms. The molecule has 1 unspecified atom stereocenters. The maximum Gasteiger partial charge on any atom is 0.410 e. The number of esters is 1. The van der Waals surface area contributed by atoms with Gasteiger partial charge in [-0.25, -0.2) is 4.79 Å². The van der Waals surface area contributed by atoms with Crippen LogP contribution in [-0.4, -0.2) is 56.5 Å². The minimum absolute atomic E-state index is 0.151. The third-order valence-electron chi connectivity index (χ3n) is 1.97. The molecule has 0 aromatic carbocycles. The smallest absolute Gasteiger partial charge is 0.410 e. The number of hydrogen-bond acceptors (Lipinski definition) is 6. The monoisotopic (exact) mass is 215 g/mol. The second-order valence-corrected chi connectivity index (χ2v) is 2.88. The fourth-order valence-electron chi connectivity index (χ4n) is 1.17. The number of nitrogens with zero attached hydrogens (tertiary/aromatic N) is 2. The number of hydrogen-bond donors (Lipinski definition) is 1. The fraction of sp³-hybridized carbons (Fsp3) is 0.625. The van der Waals surface area contributed by atoms with Crippen LogP contribution in [0.2, 0.25) is 0 Å². The lowest BCUT2D eigenvalue weighted by Crippen LogP contribution is -2.46. The topological polar surface area (TPSA) is 80.2 Å². The van der Waals surface area contributed by atoms with Crippen molar-refractivity contribution >= 4 is 18.3 Å². The summed E-state index contributed by atoms with van der Waals surface area (Å²) in [6.07, 6.45) is 0.959. The van der Waals surface area contributed by atoms with E-state index in [-0.39, 0.29) is 12.6 Å². The van der Waals surface area contributed by atoms with Crippen LogP contribution >= 0.6 is 0 Å². The lowest BCUT2D eigenvalue weighted by molar-refractivity contribution is -0.141. The van der Waals surface area contributed by atoms with E-state index in [4.69, 9.17) is 0 Å². The molecule has 0 aliphatic carbocycles. The van der Waals surface area contributed by atoms with Gasteiger partial charge in [-0.05, 0) is 0 Å². The molecule has 1 N–H and O–H groups in total. The Morgan fingerprint density at radius 3 is 2.73 bits per heavy atom. The van der Waals surface area contributed by atoms with Crippen molar-refractivity contribution < 1.29 is 19.1 Å². The standard InChI is InChI=1S/C8H13N3O4/c1-14-7(12)5-11(8(13)15-2)6-3-9-10-4-6/h3,6,10H,4-5H2,1-2H3. The zero-order chi connectivity index (χ0) is 11.3. The van der Waals surface area contributed by atoms with Crippen molar-refractivity contribution in [3.05, 3.63) is 0 Å². The van der Waals surface area contributed by atoms with Crippen molar-refractivity contribution in [1.29, 1.82) is 0 Å². The highest BCUT2D eigenvalue weighted by Gasteiger charge is 2.27. The van der Waals surface area contributed by atoms with Gasteiger partial charge in [0, 0.05) is 6.21 Å². The maximum atomic E-state index is 11.4. The normalized spacial score (nSPS) is 18.1. The first kappa shape index (κ1) is 11.3. The van der Waals surface area contributed by atoms with Crippen molar-refractivity contribution in [3.63, 3.8) is 0 Å². The predicted octanol–water partition coefficient (Wildman–Crippen LogP) is -0.815. The number of carbonyl (C=O) groups excluding carboxylic acids is 2. The van der Waals surface area contributed by atoms with Crippen molar-refractivity contribution in [2.45, 2.75) is 6.04 Å². The molecule has 1 rings (SSSR count). The minimum Gasteiger partial charge on any atom is -0.468 e. The molecule has 7 nitrogen and oxygen atoms in total. The molecule has 1 heterocycles. The van der Waals surface area contributed by atoms with E-state index in [1.807, 2.05) is 0 Å². The van der Waals surface area contributed by atoms with E-state index >= 15 is 0 Å². The number of rotatable bonds is 3. The summed E-state index contributed by atoms with van der Waals surface area (Å²) in [6.45, 7) is 0.313. The summed E-state index contributed by atoms with van der Waals surface area (Å²) in [7, 11) is 2.52. The number of amides is 1. The van der Waals surface area contributed by atoms with Gasteiger partial charge in [0.05, 0.1) is 26.8 Å². The van der Waals surface area contributed by atoms with Gasteiger partial charge in [-0.1, -0.05) is 0 Å². The van der Waals surface area contributed by atoms with Crippen LogP contribution in [-0.2, 0) is 14.3 Å². The van der Waals surface area contributed by atoms with Crippen LogP contribution in [0.4, 0.5) is 4.79 Å². The molecule has 0 spiro atoms. The third-order valence-corrected chi connectivity index (χ3v) is 1.97. The SMILES string of the molecule is COC(=O)CN(C(=O)OC)C1C=NNC1. The second-order valence-electron chi connectivity index (χ2n) is 2.88. The Labute approximate surface area is 87.0 Å². The quantitative estimate of drug-likeness (QED) is 0.622. The van der Waals surface area contributed by atoms with Crippen molar-refractivity contribution in [2.75, 3.05) is 27.3 Å². The molecule has 1 atom stereocenters. The maximum absolute atomic E-state index is 11.4. The van der Waals surface area contributed by atoms with Crippen LogP contribution in [0.5, 0.6) is 0 Å². The van der Waals surface area contributed by atoms with Gasteiger partial charge < -0.3 is 14.9 Å². The molecule has 0 saturated carbocycles. The average Bonchev–Trinajstić information content (AvgIpc) is 2.77. The first-order chi connectivity index (χ1) is 7.19. The van der Waals surface area contributed by atoms with Crippen molar-refractivity contribution in [3.8, 4) is 0 Å². The molecule has 0 radical (unpaired) electrons. The summed E-state index contributed by atoms with van der Waals surface area (Å²) in [6, 6.07) is -0.281. The lowest BCUT2D eigenvalue weighted by Gasteiger charge is -2.23. The number of hydrazone groups is 1. The molecule has 15 heavy (non-hydrogen) atoms. The molecule has 0 fully saturated rings. The van der Waals surface area contributed by atoms with E-state index in [0.717, 1.165) is 0 Å². The summed E-state index contributed by atoms with van der Waals surface area (Å²) < 4.78 is 9.04. The van der Waals surface area contributed by atoms with Gasteiger partial charge in [-0.3, -0.25) is 9.69 Å². The second kappa shape index (κ2) is 5.18. The summed E-state index contributed by atoms with van der Waals surface area (Å²) >= 11 is 0. The molecule has 0 aromatic rings. The predicted molar refractivity (Wildman–Crippen MR) is 51.4 cm³/mol. The minimum atomic E-state index is -0.583. The van der Waals surface area contributed by atoms with Gasteiger partial charge in [0.1, 0.15) is 6.54 Å². The van der Waals surface area contributed by atoms with Gasteiger partial charge in [-0.15, -0.1) is 0 Å². The van der Waals surface area contributed by atoms with Crippen LogP contribution < -0.4 is 5.43 Å². The van der Waals surface area contributed by atoms with Crippen LogP contribution in [0, 0.1) is 0 Å². The zero-order valence-corrected chi connectivity index (χ0v) is 8.60. The molecule has 1 amide bonds. The van der Waals surface area contributed by atoms with E-state index in [0.29, 0.717) is 6.54 Å². The Morgan fingerprint density at radius 1 is 1.53 bits per heavy atom. The Morgan fingerprint density at radius 2 is 2.27 bits per heavy atom. The molecular formula is C8H13N3O4. The molecule has 1 aliphatic heterocycles. The molecule has 7 heteroatoms. The molecule has 84 valence electrons. The Kier molecular flexibility index (Phi) is 3.90. The molecule has 0 aromatic heterocycles. The first-order valence-electron chi connectivity index (χ1n) is 4.36. The summed E-state index contributed by atoms with van der Waals surface area (Å²) in [5, 5.41) is 3.76. The number of methoxy groups -OCH3 is 2. The van der Waals surface area contributed by atoms with Crippen LogP contribution in [0.15, 0.2) is 5.10 Å². The highest BCUT2D eigenvalue weighted by Crippen LogP contribution is 2.03. The summed E-state index contributed by atoms with van der Waals surface area (Å²) in [5.41, 5.74) is 2.69. The lowest BCUT2D eigenvalue weighted by atomic mass is 10.3. The summed E-state index contributed by atoms with van der Waals surface area (Å²) in [4.78, 5) is 23.7. The highest BCUT2D eigenvalue weighted by molar-refractivity contribution is 5.82. The molecule has 0 saturated heterocycles. The van der Waals surface area contributed by atoms with E-state index in [1.54, 1.807) is 6.21 Å². The largest absolute Gasteiger partial charge is 0.468 e. The Hall–Kier alpha value is -1.79. The van der Waals surface area contributed by atoms with Crippen molar-refractivity contribution in [2.24, 2.45) is 5.10 Å². The number of carbonyl (C=O) groups is 2. The Balaban J connectivity index is 2.64. The fourth-order valence-corrected chi connectivity index (χ4v) is 1.17. The van der Waals surface area contributed by atoms with Crippen LogP contribution in [0.3, 0.4) is 0 Å². The highest BCUT2D eigenvalue weighted by atomic mass is 16.5. The molecule has 1 aliphatic rings. The van der Waals surface area contributed by atoms with E-state index < -0.39 is 12.1 Å². The first-order valence-corrected chi connectivity index (χ1v) is 4.36. The van der Waals surface area contributed by atoms with Gasteiger partial charge in [0.25, 0.3) is 0 Å². The van der Waals surface area contributed by atoms with Gasteiger partial charge in [0.15, 0.2) is 0 Å². The number of nitrogens with one attached hydrogen (secondary N) is 1. The Bertz CT molecular complexity index is 279. The van der Waals surface area contributed by atoms with E-state index in [1.165, 1.54) is 19.1 Å². The van der Waals surface area contributed by atoms with Gasteiger partial charge in [-0.2, -0.15) is 5.10 Å². The number of ether oxygens (including phenoxy) is 2. The third kappa shape index (κ3) is 2.83. The van der Waals surface area contributed by atoms with Crippen molar-refractivity contribution in [1.82, 2.24) is 10.3 Å². The van der Waals surface area contributed by atoms with E-state index in [9.17, 15) is 9.59 Å². The van der Waals surface area contributed by atoms with Crippen LogP contribution in [0.1, 0.15) is 0 Å². The molecular weight excluding hydrogens is 202 g/mol. The van der Waals surface area contributed by atoms with Gasteiger partial charge in [0.2, 0.25) is 0 Å². The zero-order valence-electron chi connectivity index (χ0n) is 8.60. The average molecular weight is 215 g/mol. The van der Waals surface area contributed by atoms with Crippen LogP contribution in [0.25, 0.3) is 0 Å². The summed E-state index contributed by atoms with van der Waals surface area (Å²) in [5.74, 6) is -0.499. The van der Waals surface area contributed by atoms with E-state index in [2.05, 4.69) is 20.0 Å². The van der Waals surface area contributed by atoms with Gasteiger partial charge >= 0.3 is 12.1 Å².